The number of nitrogens with one attached hydrogen (secondary N) is 1. The summed E-state index contributed by atoms with van der Waals surface area (Å²) in [5, 5.41) is 3.83. The van der Waals surface area contributed by atoms with Crippen LogP contribution in [0.25, 0.3) is 0 Å². The van der Waals surface area contributed by atoms with Crippen LogP contribution in [0, 0.1) is 0 Å². The maximum Gasteiger partial charge on any atom is 0.170 e. The normalized spacial score (nSPS) is 16.4. The van der Waals surface area contributed by atoms with E-state index >= 15 is 0 Å². The molecule has 0 aliphatic carbocycles. The van der Waals surface area contributed by atoms with Gasteiger partial charge in [-0.25, -0.2) is 0 Å². The average molecular weight is 220 g/mol. The SMILES string of the molecule is CCN(CC)C(CNC)(N(C)C)N(C)F. The molecule has 92 valence electrons. The largest absolute Gasteiger partial charge is 0.315 e. The van der Waals surface area contributed by atoms with Gasteiger partial charge in [0.05, 0.1) is 0 Å². The van der Waals surface area contributed by atoms with E-state index in [1.165, 1.54) is 7.05 Å². The fourth-order valence-electron chi connectivity index (χ4n) is 2.10. The van der Waals surface area contributed by atoms with Crippen molar-refractivity contribution >= 4 is 0 Å². The number of hydrogen-bond donors (Lipinski definition) is 1. The van der Waals surface area contributed by atoms with E-state index in [0.29, 0.717) is 6.54 Å². The first-order valence-corrected chi connectivity index (χ1v) is 5.44. The third-order valence-corrected chi connectivity index (χ3v) is 2.89. The van der Waals surface area contributed by atoms with Gasteiger partial charge in [-0.2, -0.15) is 0 Å². The Morgan fingerprint density at radius 3 is 1.80 bits per heavy atom. The van der Waals surface area contributed by atoms with Gasteiger partial charge in [-0.15, -0.1) is 9.60 Å². The standard InChI is InChI=1S/C10H25FN4/c1-7-15(8-2)10(9-12-3,13(4)5)14(6)11/h12H,7-9H2,1-6H3. The molecule has 0 saturated carbocycles. The monoisotopic (exact) mass is 220 g/mol. The van der Waals surface area contributed by atoms with Crippen LogP contribution in [0.15, 0.2) is 0 Å². The molecule has 0 aliphatic rings. The van der Waals surface area contributed by atoms with Crippen molar-refractivity contribution in [2.75, 3.05) is 47.8 Å². The van der Waals surface area contributed by atoms with E-state index in [1.54, 1.807) is 0 Å². The summed E-state index contributed by atoms with van der Waals surface area (Å²) in [4.78, 5) is 3.99. The lowest BCUT2D eigenvalue weighted by Crippen LogP contribution is -2.69. The molecule has 0 aromatic heterocycles. The zero-order valence-electron chi connectivity index (χ0n) is 10.8. The molecule has 0 saturated heterocycles. The molecule has 1 atom stereocenters. The predicted molar refractivity (Wildman–Crippen MR) is 62.1 cm³/mol. The van der Waals surface area contributed by atoms with Crippen LogP contribution in [0.3, 0.4) is 0 Å². The van der Waals surface area contributed by atoms with Crippen molar-refractivity contribution in [2.45, 2.75) is 19.6 Å². The van der Waals surface area contributed by atoms with Gasteiger partial charge in [-0.1, -0.05) is 13.8 Å². The van der Waals surface area contributed by atoms with Crippen LogP contribution in [0.2, 0.25) is 0 Å². The molecule has 4 nitrogen and oxygen atoms in total. The fraction of sp³-hybridized carbons (Fsp3) is 1.00. The molecule has 1 N–H and O–H groups in total. The third-order valence-electron chi connectivity index (χ3n) is 2.89. The zero-order valence-corrected chi connectivity index (χ0v) is 10.8. The predicted octanol–water partition coefficient (Wildman–Crippen LogP) is 0.579. The van der Waals surface area contributed by atoms with Gasteiger partial charge in [0, 0.05) is 13.6 Å². The Labute approximate surface area is 93.0 Å². The van der Waals surface area contributed by atoms with E-state index < -0.39 is 5.79 Å². The smallest absolute Gasteiger partial charge is 0.170 e. The summed E-state index contributed by atoms with van der Waals surface area (Å²) in [5.41, 5.74) is 0. The Balaban J connectivity index is 5.09. The minimum atomic E-state index is -0.710. The molecule has 5 heteroatoms. The van der Waals surface area contributed by atoms with Crippen LogP contribution in [-0.4, -0.2) is 68.5 Å². The second kappa shape index (κ2) is 6.37. The van der Waals surface area contributed by atoms with Crippen LogP contribution in [0.1, 0.15) is 13.8 Å². The Morgan fingerprint density at radius 2 is 1.60 bits per heavy atom. The van der Waals surface area contributed by atoms with Gasteiger partial charge < -0.3 is 5.32 Å². The van der Waals surface area contributed by atoms with Crippen LogP contribution in [-0.2, 0) is 0 Å². The quantitative estimate of drug-likeness (QED) is 0.500. The maximum absolute atomic E-state index is 13.8. The van der Waals surface area contributed by atoms with Crippen LogP contribution < -0.4 is 5.32 Å². The van der Waals surface area contributed by atoms with Gasteiger partial charge in [0.25, 0.3) is 0 Å². The van der Waals surface area contributed by atoms with Crippen LogP contribution in [0.5, 0.6) is 0 Å². The molecular weight excluding hydrogens is 195 g/mol. The molecule has 1 unspecified atom stereocenters. The molecule has 0 aromatic rings. The van der Waals surface area contributed by atoms with E-state index in [9.17, 15) is 4.48 Å². The third kappa shape index (κ3) is 2.87. The first-order chi connectivity index (χ1) is 6.97. The Bertz CT molecular complexity index is 161. The zero-order chi connectivity index (χ0) is 12.1. The lowest BCUT2D eigenvalue weighted by atomic mass is 10.2. The van der Waals surface area contributed by atoms with Crippen molar-refractivity contribution in [1.82, 2.24) is 20.2 Å². The molecule has 0 radical (unpaired) electrons. The molecular formula is C10H25FN4. The second-order valence-electron chi connectivity index (χ2n) is 3.85. The highest BCUT2D eigenvalue weighted by molar-refractivity contribution is 4.85. The lowest BCUT2D eigenvalue weighted by Gasteiger charge is -2.49. The van der Waals surface area contributed by atoms with Crippen LogP contribution in [0.4, 0.5) is 4.48 Å². The number of hydrogen-bond acceptors (Lipinski definition) is 4. The molecule has 0 fully saturated rings. The summed E-state index contributed by atoms with van der Waals surface area (Å²) in [6.07, 6.45) is 0. The van der Waals surface area contributed by atoms with Gasteiger partial charge in [0.1, 0.15) is 0 Å². The van der Waals surface area contributed by atoms with Crippen molar-refractivity contribution < 1.29 is 4.48 Å². The van der Waals surface area contributed by atoms with Crippen LogP contribution >= 0.6 is 0 Å². The van der Waals surface area contributed by atoms with E-state index in [2.05, 4.69) is 10.2 Å². The molecule has 0 amide bonds. The summed E-state index contributed by atoms with van der Waals surface area (Å²) in [6, 6.07) is 0. The van der Waals surface area contributed by atoms with E-state index in [0.717, 1.165) is 18.2 Å². The van der Waals surface area contributed by atoms with Crippen molar-refractivity contribution in [3.63, 3.8) is 0 Å². The van der Waals surface area contributed by atoms with Gasteiger partial charge in [0.15, 0.2) is 5.79 Å². The fourth-order valence-corrected chi connectivity index (χ4v) is 2.10. The molecule has 0 aliphatic heterocycles. The number of likely N-dealkylation sites (N-methyl/N-ethyl adjacent to an activating group) is 4. The minimum Gasteiger partial charge on any atom is -0.315 e. The summed E-state index contributed by atoms with van der Waals surface area (Å²) in [6.45, 7) is 6.26. The first kappa shape index (κ1) is 14.8. The molecule has 0 heterocycles. The highest BCUT2D eigenvalue weighted by Crippen LogP contribution is 2.21. The van der Waals surface area contributed by atoms with E-state index in [1.807, 2.05) is 39.9 Å². The Kier molecular flexibility index (Phi) is 6.28. The number of rotatable bonds is 7. The van der Waals surface area contributed by atoms with E-state index in [-0.39, 0.29) is 0 Å². The Morgan fingerprint density at radius 1 is 1.13 bits per heavy atom. The molecule has 0 spiro atoms. The van der Waals surface area contributed by atoms with Crippen molar-refractivity contribution in [2.24, 2.45) is 0 Å². The minimum absolute atomic E-state index is 0.550. The van der Waals surface area contributed by atoms with E-state index in [4.69, 9.17) is 0 Å². The molecule has 15 heavy (non-hydrogen) atoms. The van der Waals surface area contributed by atoms with Crippen molar-refractivity contribution in [1.29, 1.82) is 0 Å². The summed E-state index contributed by atoms with van der Waals surface area (Å²) in [7, 11) is 7.10. The highest BCUT2D eigenvalue weighted by Gasteiger charge is 2.41. The topological polar surface area (TPSA) is 21.8 Å². The number of halogens is 1. The Hall–Kier alpha value is -0.230. The average Bonchev–Trinajstić information content (AvgIpc) is 2.17. The van der Waals surface area contributed by atoms with Gasteiger partial charge in [0.2, 0.25) is 0 Å². The lowest BCUT2D eigenvalue weighted by molar-refractivity contribution is -0.214. The van der Waals surface area contributed by atoms with Gasteiger partial charge in [-0.3, -0.25) is 9.80 Å². The molecule has 0 aromatic carbocycles. The molecule has 0 bridgehead atoms. The van der Waals surface area contributed by atoms with Crippen molar-refractivity contribution in [3.05, 3.63) is 0 Å². The first-order valence-electron chi connectivity index (χ1n) is 5.44. The number of nitrogens with zero attached hydrogens (tertiary/aromatic N) is 3. The van der Waals surface area contributed by atoms with Crippen molar-refractivity contribution in [3.8, 4) is 0 Å². The summed E-state index contributed by atoms with van der Waals surface area (Å²) < 4.78 is 13.8. The maximum atomic E-state index is 13.8. The highest BCUT2D eigenvalue weighted by atomic mass is 19.2. The van der Waals surface area contributed by atoms with Gasteiger partial charge in [-0.05, 0) is 34.2 Å². The second-order valence-corrected chi connectivity index (χ2v) is 3.85. The van der Waals surface area contributed by atoms with Gasteiger partial charge >= 0.3 is 0 Å². The molecule has 0 rings (SSSR count). The summed E-state index contributed by atoms with van der Waals surface area (Å²) in [5.74, 6) is -0.710. The summed E-state index contributed by atoms with van der Waals surface area (Å²) >= 11 is 0.